The molecule has 0 spiro atoms. The highest BCUT2D eigenvalue weighted by atomic mass is 32.2. The number of likely N-dealkylation sites (tertiary alicyclic amines) is 1. The first kappa shape index (κ1) is 16.4. The molecule has 2 heterocycles. The molecule has 8 heteroatoms. The smallest absolute Gasteiger partial charge is 0.243 e. The number of piperidine rings is 1. The van der Waals surface area contributed by atoms with Crippen LogP contribution >= 0.6 is 0 Å². The Kier molecular flexibility index (Phi) is 5.74. The van der Waals surface area contributed by atoms with Gasteiger partial charge in [0.2, 0.25) is 10.0 Å². The van der Waals surface area contributed by atoms with Crippen LogP contribution in [0.2, 0.25) is 0 Å². The Bertz CT molecular complexity index is 535. The van der Waals surface area contributed by atoms with Gasteiger partial charge < -0.3 is 10.6 Å². The van der Waals surface area contributed by atoms with E-state index in [1.54, 1.807) is 10.9 Å². The molecule has 0 aliphatic carbocycles. The molecular formula is C13H25N5O2S. The summed E-state index contributed by atoms with van der Waals surface area (Å²) in [5.74, 6) is 0.420. The minimum atomic E-state index is -3.46. The minimum absolute atomic E-state index is 0.229. The summed E-state index contributed by atoms with van der Waals surface area (Å²) in [7, 11) is -1.36. The van der Waals surface area contributed by atoms with Gasteiger partial charge in [-0.05, 0) is 51.9 Å². The molecule has 7 nitrogen and oxygen atoms in total. The van der Waals surface area contributed by atoms with Gasteiger partial charge in [0.05, 0.1) is 6.20 Å². The van der Waals surface area contributed by atoms with Gasteiger partial charge in [0, 0.05) is 19.3 Å². The summed E-state index contributed by atoms with van der Waals surface area (Å²) in [6, 6.07) is 0. The molecule has 1 fully saturated rings. The van der Waals surface area contributed by atoms with Crippen LogP contribution in [0.5, 0.6) is 0 Å². The van der Waals surface area contributed by atoms with Crippen molar-refractivity contribution in [2.24, 2.45) is 11.7 Å². The first-order valence-corrected chi connectivity index (χ1v) is 8.90. The normalized spacial score (nSPS) is 18.2. The molecule has 0 bridgehead atoms. The molecule has 0 amide bonds. The number of rotatable bonds is 7. The van der Waals surface area contributed by atoms with E-state index in [0.717, 1.165) is 32.4 Å². The van der Waals surface area contributed by atoms with E-state index in [1.165, 1.54) is 6.20 Å². The highest BCUT2D eigenvalue weighted by Crippen LogP contribution is 2.16. The van der Waals surface area contributed by atoms with Gasteiger partial charge in [-0.15, -0.1) is 0 Å². The van der Waals surface area contributed by atoms with Crippen molar-refractivity contribution in [2.75, 3.05) is 33.2 Å². The van der Waals surface area contributed by atoms with Gasteiger partial charge in [-0.25, -0.2) is 13.1 Å². The van der Waals surface area contributed by atoms with Crippen LogP contribution in [0, 0.1) is 5.92 Å². The van der Waals surface area contributed by atoms with Crippen LogP contribution < -0.4 is 10.5 Å². The number of aryl methyl sites for hydroxylation is 1. The summed E-state index contributed by atoms with van der Waals surface area (Å²) in [6.45, 7) is 3.77. The fraction of sp³-hybridized carbons (Fsp3) is 0.769. The summed E-state index contributed by atoms with van der Waals surface area (Å²) < 4.78 is 28.8. The summed E-state index contributed by atoms with van der Waals surface area (Å²) >= 11 is 0. The zero-order valence-electron chi connectivity index (χ0n) is 12.5. The molecule has 2 rings (SSSR count). The van der Waals surface area contributed by atoms with Gasteiger partial charge in [0.1, 0.15) is 4.90 Å². The third kappa shape index (κ3) is 4.77. The Labute approximate surface area is 126 Å². The van der Waals surface area contributed by atoms with Crippen molar-refractivity contribution in [3.63, 3.8) is 0 Å². The topological polar surface area (TPSA) is 93.2 Å². The van der Waals surface area contributed by atoms with Crippen LogP contribution in [0.1, 0.15) is 19.3 Å². The maximum atomic E-state index is 12.2. The van der Waals surface area contributed by atoms with Crippen LogP contribution in [0.25, 0.3) is 0 Å². The third-order valence-electron chi connectivity index (χ3n) is 3.91. The molecule has 0 unspecified atom stereocenters. The SMILES string of the molecule is CN1CCC(CNS(=O)(=O)c2cnn(CCCN)c2)CC1. The van der Waals surface area contributed by atoms with Crippen molar-refractivity contribution in [1.29, 1.82) is 0 Å². The lowest BCUT2D eigenvalue weighted by Gasteiger charge is -2.28. The second-order valence-electron chi connectivity index (χ2n) is 5.68. The number of sulfonamides is 1. The molecular weight excluding hydrogens is 290 g/mol. The van der Waals surface area contributed by atoms with Gasteiger partial charge in [-0.1, -0.05) is 0 Å². The number of hydrogen-bond acceptors (Lipinski definition) is 5. The Hall–Kier alpha value is -0.960. The average molecular weight is 315 g/mol. The number of hydrogen-bond donors (Lipinski definition) is 2. The van der Waals surface area contributed by atoms with Crippen molar-refractivity contribution in [3.8, 4) is 0 Å². The molecule has 1 aliphatic heterocycles. The van der Waals surface area contributed by atoms with E-state index in [-0.39, 0.29) is 4.90 Å². The fourth-order valence-corrected chi connectivity index (χ4v) is 3.50. The molecule has 3 N–H and O–H groups in total. The Morgan fingerprint density at radius 1 is 1.43 bits per heavy atom. The monoisotopic (exact) mass is 315 g/mol. The van der Waals surface area contributed by atoms with Crippen molar-refractivity contribution in [1.82, 2.24) is 19.4 Å². The Morgan fingerprint density at radius 3 is 2.81 bits per heavy atom. The van der Waals surface area contributed by atoms with Crippen LogP contribution in [-0.2, 0) is 16.6 Å². The van der Waals surface area contributed by atoms with E-state index in [4.69, 9.17) is 5.73 Å². The van der Waals surface area contributed by atoms with E-state index in [1.807, 2.05) is 0 Å². The van der Waals surface area contributed by atoms with E-state index >= 15 is 0 Å². The van der Waals surface area contributed by atoms with E-state index in [0.29, 0.717) is 25.6 Å². The molecule has 0 saturated carbocycles. The number of nitrogens with zero attached hydrogens (tertiary/aromatic N) is 3. The molecule has 1 aromatic heterocycles. The predicted octanol–water partition coefficient (Wildman–Crippen LogP) is -0.148. The fourth-order valence-electron chi connectivity index (χ4n) is 2.44. The lowest BCUT2D eigenvalue weighted by molar-refractivity contribution is 0.220. The van der Waals surface area contributed by atoms with Gasteiger partial charge in [0.25, 0.3) is 0 Å². The highest BCUT2D eigenvalue weighted by molar-refractivity contribution is 7.89. The van der Waals surface area contributed by atoms with Crippen molar-refractivity contribution < 1.29 is 8.42 Å². The highest BCUT2D eigenvalue weighted by Gasteiger charge is 2.21. The Balaban J connectivity index is 1.87. The first-order valence-electron chi connectivity index (χ1n) is 7.42. The van der Waals surface area contributed by atoms with E-state index in [9.17, 15) is 8.42 Å². The van der Waals surface area contributed by atoms with Crippen LogP contribution in [0.4, 0.5) is 0 Å². The maximum Gasteiger partial charge on any atom is 0.243 e. The number of nitrogens with one attached hydrogen (secondary N) is 1. The summed E-state index contributed by atoms with van der Waals surface area (Å²) in [6.07, 6.45) is 5.81. The van der Waals surface area contributed by atoms with Gasteiger partial charge in [-0.3, -0.25) is 4.68 Å². The molecule has 120 valence electrons. The van der Waals surface area contributed by atoms with E-state index < -0.39 is 10.0 Å². The second-order valence-corrected chi connectivity index (χ2v) is 7.45. The molecule has 0 aromatic carbocycles. The van der Waals surface area contributed by atoms with Crippen LogP contribution in [-0.4, -0.2) is 56.3 Å². The standard InChI is InChI=1S/C13H25N5O2S/c1-17-7-3-12(4-8-17)9-16-21(19,20)13-10-15-18(11-13)6-2-5-14/h10-12,16H,2-9,14H2,1H3. The molecule has 1 aliphatic rings. The largest absolute Gasteiger partial charge is 0.330 e. The van der Waals surface area contributed by atoms with Gasteiger partial charge in [0.15, 0.2) is 0 Å². The summed E-state index contributed by atoms with van der Waals surface area (Å²) in [5, 5.41) is 4.06. The zero-order chi connectivity index (χ0) is 15.3. The Morgan fingerprint density at radius 2 is 2.14 bits per heavy atom. The van der Waals surface area contributed by atoms with Crippen LogP contribution in [0.15, 0.2) is 17.3 Å². The summed E-state index contributed by atoms with van der Waals surface area (Å²) in [4.78, 5) is 2.50. The quantitative estimate of drug-likeness (QED) is 0.730. The van der Waals surface area contributed by atoms with Crippen LogP contribution in [0.3, 0.4) is 0 Å². The molecule has 0 atom stereocenters. The zero-order valence-corrected chi connectivity index (χ0v) is 13.3. The van der Waals surface area contributed by atoms with Gasteiger partial charge in [-0.2, -0.15) is 5.10 Å². The first-order chi connectivity index (χ1) is 10.0. The maximum absolute atomic E-state index is 12.2. The predicted molar refractivity (Wildman–Crippen MR) is 81.3 cm³/mol. The average Bonchev–Trinajstić information content (AvgIpc) is 2.94. The van der Waals surface area contributed by atoms with Gasteiger partial charge >= 0.3 is 0 Å². The number of aromatic nitrogens is 2. The second kappa shape index (κ2) is 7.35. The molecule has 21 heavy (non-hydrogen) atoms. The lowest BCUT2D eigenvalue weighted by atomic mass is 9.98. The van der Waals surface area contributed by atoms with Crippen molar-refractivity contribution >= 4 is 10.0 Å². The van der Waals surface area contributed by atoms with Crippen molar-refractivity contribution in [3.05, 3.63) is 12.4 Å². The molecule has 1 saturated heterocycles. The molecule has 1 aromatic rings. The summed E-state index contributed by atoms with van der Waals surface area (Å²) in [5.41, 5.74) is 5.43. The molecule has 0 radical (unpaired) electrons. The van der Waals surface area contributed by atoms with E-state index in [2.05, 4.69) is 21.8 Å². The minimum Gasteiger partial charge on any atom is -0.330 e. The number of nitrogens with two attached hydrogens (primary N) is 1. The van der Waals surface area contributed by atoms with Crippen molar-refractivity contribution in [2.45, 2.75) is 30.7 Å². The third-order valence-corrected chi connectivity index (χ3v) is 5.29. The lowest BCUT2D eigenvalue weighted by Crippen LogP contribution is -2.36.